The molecule has 0 unspecified atom stereocenters. The van der Waals surface area contributed by atoms with Gasteiger partial charge >= 0.3 is 0 Å². The van der Waals surface area contributed by atoms with Crippen LogP contribution in [0.4, 0.5) is 11.5 Å². The van der Waals surface area contributed by atoms with Crippen molar-refractivity contribution < 1.29 is 4.79 Å². The first-order valence-corrected chi connectivity index (χ1v) is 8.32. The Morgan fingerprint density at radius 2 is 2.00 bits per heavy atom. The third kappa shape index (κ3) is 5.67. The number of anilines is 2. The summed E-state index contributed by atoms with van der Waals surface area (Å²) in [5, 5.41) is 7.04. The van der Waals surface area contributed by atoms with E-state index in [0.29, 0.717) is 33.7 Å². The molecule has 0 saturated heterocycles. The number of nitrogens with one attached hydrogen (secondary N) is 2. The van der Waals surface area contributed by atoms with Gasteiger partial charge in [0.05, 0.1) is 16.3 Å². The second-order valence-electron chi connectivity index (χ2n) is 5.59. The van der Waals surface area contributed by atoms with Crippen molar-refractivity contribution in [3.8, 4) is 0 Å². The summed E-state index contributed by atoms with van der Waals surface area (Å²) >= 11 is 12.0. The number of pyridine rings is 1. The van der Waals surface area contributed by atoms with Crippen LogP contribution in [-0.2, 0) is 0 Å². The minimum Gasteiger partial charge on any atom is -0.352 e. The van der Waals surface area contributed by atoms with Crippen LogP contribution in [-0.4, -0.2) is 43.0 Å². The van der Waals surface area contributed by atoms with E-state index in [0.717, 1.165) is 13.0 Å². The molecule has 2 N–H and O–H groups in total. The monoisotopic (exact) mass is 366 g/mol. The topological polar surface area (TPSA) is 57.3 Å². The Labute approximate surface area is 152 Å². The summed E-state index contributed by atoms with van der Waals surface area (Å²) in [7, 11) is 4.01. The van der Waals surface area contributed by atoms with Crippen molar-refractivity contribution in [3.05, 3.63) is 52.1 Å². The summed E-state index contributed by atoms with van der Waals surface area (Å²) in [5.41, 5.74) is 1.22. The lowest BCUT2D eigenvalue weighted by Gasteiger charge is -2.10. The maximum absolute atomic E-state index is 12.0. The average molecular weight is 367 g/mol. The second kappa shape index (κ2) is 8.87. The molecule has 2 rings (SSSR count). The van der Waals surface area contributed by atoms with Gasteiger partial charge in [0.1, 0.15) is 5.82 Å². The summed E-state index contributed by atoms with van der Waals surface area (Å²) in [6, 6.07) is 8.63. The fourth-order valence-corrected chi connectivity index (χ4v) is 2.49. The Morgan fingerprint density at radius 1 is 1.21 bits per heavy atom. The molecule has 0 atom stereocenters. The van der Waals surface area contributed by atoms with Gasteiger partial charge in [0.2, 0.25) is 0 Å². The van der Waals surface area contributed by atoms with E-state index in [9.17, 15) is 4.79 Å². The van der Waals surface area contributed by atoms with Crippen molar-refractivity contribution >= 4 is 40.6 Å². The number of hydrogen-bond donors (Lipinski definition) is 2. The normalized spacial score (nSPS) is 10.7. The number of rotatable bonds is 7. The van der Waals surface area contributed by atoms with Crippen LogP contribution in [0.25, 0.3) is 0 Å². The van der Waals surface area contributed by atoms with Crippen molar-refractivity contribution in [2.24, 2.45) is 0 Å². The van der Waals surface area contributed by atoms with Crippen LogP contribution in [0.1, 0.15) is 16.8 Å². The van der Waals surface area contributed by atoms with E-state index in [4.69, 9.17) is 23.2 Å². The van der Waals surface area contributed by atoms with Gasteiger partial charge in [-0.1, -0.05) is 23.2 Å². The van der Waals surface area contributed by atoms with Crippen molar-refractivity contribution in [1.82, 2.24) is 15.2 Å². The summed E-state index contributed by atoms with van der Waals surface area (Å²) in [5.74, 6) is 0.473. The molecule has 24 heavy (non-hydrogen) atoms. The van der Waals surface area contributed by atoms with E-state index in [-0.39, 0.29) is 5.91 Å². The predicted octanol–water partition coefficient (Wildman–Crippen LogP) is 3.81. The molecule has 5 nitrogen and oxygen atoms in total. The molecule has 0 saturated carbocycles. The first-order chi connectivity index (χ1) is 11.5. The fourth-order valence-electron chi connectivity index (χ4n) is 2.03. The lowest BCUT2D eigenvalue weighted by molar-refractivity contribution is 0.0952. The molecule has 1 amide bonds. The van der Waals surface area contributed by atoms with Gasteiger partial charge in [0, 0.05) is 17.8 Å². The smallest absolute Gasteiger partial charge is 0.252 e. The van der Waals surface area contributed by atoms with Crippen LogP contribution < -0.4 is 10.6 Å². The maximum atomic E-state index is 12.0. The lowest BCUT2D eigenvalue weighted by atomic mass is 10.2. The fraction of sp³-hybridized carbons (Fsp3) is 0.294. The van der Waals surface area contributed by atoms with Gasteiger partial charge in [0.25, 0.3) is 5.91 Å². The number of nitrogens with zero attached hydrogens (tertiary/aromatic N) is 2. The molecular weight excluding hydrogens is 347 g/mol. The Morgan fingerprint density at radius 3 is 2.62 bits per heavy atom. The van der Waals surface area contributed by atoms with E-state index in [1.54, 1.807) is 30.3 Å². The molecule has 1 heterocycles. The Bertz CT molecular complexity index is 689. The number of amides is 1. The van der Waals surface area contributed by atoms with Crippen LogP contribution in [0.5, 0.6) is 0 Å². The molecule has 0 bridgehead atoms. The molecule has 0 fully saturated rings. The van der Waals surface area contributed by atoms with Crippen molar-refractivity contribution in [2.45, 2.75) is 6.42 Å². The molecule has 0 aliphatic heterocycles. The summed E-state index contributed by atoms with van der Waals surface area (Å²) in [6.45, 7) is 1.57. The maximum Gasteiger partial charge on any atom is 0.252 e. The minimum absolute atomic E-state index is 0.127. The Hall–Kier alpha value is -1.82. The van der Waals surface area contributed by atoms with Gasteiger partial charge in [-0.3, -0.25) is 4.79 Å². The highest BCUT2D eigenvalue weighted by Gasteiger charge is 2.07. The number of hydrogen-bond acceptors (Lipinski definition) is 4. The highest BCUT2D eigenvalue weighted by atomic mass is 35.5. The van der Waals surface area contributed by atoms with Crippen molar-refractivity contribution in [2.75, 3.05) is 32.5 Å². The molecule has 1 aromatic carbocycles. The number of carbonyl (C=O) groups is 1. The molecule has 0 aliphatic carbocycles. The number of carbonyl (C=O) groups excluding carboxylic acids is 1. The summed E-state index contributed by atoms with van der Waals surface area (Å²) in [4.78, 5) is 18.4. The van der Waals surface area contributed by atoms with Crippen LogP contribution in [0.3, 0.4) is 0 Å². The molecule has 128 valence electrons. The predicted molar refractivity (Wildman–Crippen MR) is 99.5 cm³/mol. The molecule has 0 spiro atoms. The molecular formula is C17H20Cl2N4O. The van der Waals surface area contributed by atoms with Gasteiger partial charge in [-0.2, -0.15) is 0 Å². The highest BCUT2D eigenvalue weighted by Crippen LogP contribution is 2.27. The number of halogens is 2. The lowest BCUT2D eigenvalue weighted by Crippen LogP contribution is -2.27. The van der Waals surface area contributed by atoms with E-state index in [1.165, 1.54) is 6.20 Å². The third-order valence-corrected chi connectivity index (χ3v) is 3.84. The van der Waals surface area contributed by atoms with Gasteiger partial charge in [-0.15, -0.1) is 0 Å². The zero-order chi connectivity index (χ0) is 17.5. The van der Waals surface area contributed by atoms with Crippen LogP contribution in [0.15, 0.2) is 36.5 Å². The molecule has 0 radical (unpaired) electrons. The largest absolute Gasteiger partial charge is 0.352 e. The van der Waals surface area contributed by atoms with Crippen molar-refractivity contribution in [1.29, 1.82) is 0 Å². The zero-order valence-corrected chi connectivity index (χ0v) is 15.2. The first kappa shape index (κ1) is 18.5. The van der Waals surface area contributed by atoms with Gasteiger partial charge < -0.3 is 15.5 Å². The highest BCUT2D eigenvalue weighted by molar-refractivity contribution is 6.36. The standard InChI is InChI=1S/C17H20Cl2N4O/c1-23(2)9-3-8-20-17(24)12-4-7-16(21-11-12)22-15-6-5-13(18)10-14(15)19/h4-7,10-11H,3,8-9H2,1-2H3,(H,20,24)(H,21,22). The third-order valence-electron chi connectivity index (χ3n) is 3.29. The number of aromatic nitrogens is 1. The quantitative estimate of drug-likeness (QED) is 0.731. The van der Waals surface area contributed by atoms with Crippen LogP contribution in [0, 0.1) is 0 Å². The van der Waals surface area contributed by atoms with Crippen LogP contribution >= 0.6 is 23.2 Å². The van der Waals surface area contributed by atoms with Gasteiger partial charge in [-0.05, 0) is 57.4 Å². The summed E-state index contributed by atoms with van der Waals surface area (Å²) in [6.07, 6.45) is 2.44. The van der Waals surface area contributed by atoms with E-state index in [2.05, 4.69) is 20.5 Å². The molecule has 0 aliphatic rings. The van der Waals surface area contributed by atoms with Gasteiger partial charge in [0.15, 0.2) is 0 Å². The molecule has 7 heteroatoms. The molecule has 2 aromatic rings. The van der Waals surface area contributed by atoms with Crippen molar-refractivity contribution in [3.63, 3.8) is 0 Å². The summed E-state index contributed by atoms with van der Waals surface area (Å²) < 4.78 is 0. The van der Waals surface area contributed by atoms with E-state index >= 15 is 0 Å². The number of benzene rings is 1. The SMILES string of the molecule is CN(C)CCCNC(=O)c1ccc(Nc2ccc(Cl)cc2Cl)nc1. The average Bonchev–Trinajstić information content (AvgIpc) is 2.54. The minimum atomic E-state index is -0.127. The molecule has 1 aromatic heterocycles. The van der Waals surface area contributed by atoms with E-state index < -0.39 is 0 Å². The van der Waals surface area contributed by atoms with Crippen LogP contribution in [0.2, 0.25) is 10.0 Å². The Balaban J connectivity index is 1.91. The van der Waals surface area contributed by atoms with Gasteiger partial charge in [-0.25, -0.2) is 4.98 Å². The van der Waals surface area contributed by atoms with E-state index in [1.807, 2.05) is 14.1 Å². The Kier molecular flexibility index (Phi) is 6.85. The zero-order valence-electron chi connectivity index (χ0n) is 13.6. The second-order valence-corrected chi connectivity index (χ2v) is 6.44. The first-order valence-electron chi connectivity index (χ1n) is 7.57.